The Morgan fingerprint density at radius 2 is 1.85 bits per heavy atom. The average Bonchev–Trinajstić information content (AvgIpc) is 2.98. The molecular formula is C19H24N2O5S. The first-order chi connectivity index (χ1) is 13.0. The van der Waals surface area contributed by atoms with Crippen molar-refractivity contribution in [3.8, 4) is 0 Å². The molecule has 1 unspecified atom stereocenters. The normalized spacial score (nSPS) is 21.6. The number of hydrogen-bond acceptors (Lipinski definition) is 6. The topological polar surface area (TPSA) is 76.2 Å². The van der Waals surface area contributed by atoms with Crippen LogP contribution in [0.5, 0.6) is 0 Å². The van der Waals surface area contributed by atoms with Gasteiger partial charge in [-0.05, 0) is 31.2 Å². The quantitative estimate of drug-likeness (QED) is 0.576. The van der Waals surface area contributed by atoms with Crippen molar-refractivity contribution >= 4 is 29.5 Å². The number of nitrogens with zero attached hydrogens (tertiary/aromatic N) is 2. The third kappa shape index (κ3) is 3.32. The smallest absolute Gasteiger partial charge is 0.311 e. The molecule has 0 N–H and O–H groups in total. The monoisotopic (exact) mass is 392 g/mol. The Morgan fingerprint density at radius 3 is 2.44 bits per heavy atom. The Hall–Kier alpha value is -2.06. The number of esters is 1. The van der Waals surface area contributed by atoms with Gasteiger partial charge in [-0.1, -0.05) is 12.1 Å². The zero-order valence-corrected chi connectivity index (χ0v) is 16.6. The van der Waals surface area contributed by atoms with Crippen molar-refractivity contribution in [3.05, 3.63) is 29.8 Å². The van der Waals surface area contributed by atoms with Gasteiger partial charge in [-0.2, -0.15) is 0 Å². The van der Waals surface area contributed by atoms with Gasteiger partial charge >= 0.3 is 5.97 Å². The lowest BCUT2D eigenvalue weighted by Gasteiger charge is -2.45. The van der Waals surface area contributed by atoms with Crippen LogP contribution in [0.25, 0.3) is 0 Å². The molecule has 1 aromatic rings. The molecule has 2 heterocycles. The Balaban J connectivity index is 1.81. The molecule has 2 saturated heterocycles. The maximum absolute atomic E-state index is 13.0. The molecule has 1 aromatic carbocycles. The second kappa shape index (κ2) is 7.90. The fourth-order valence-corrected chi connectivity index (χ4v) is 4.80. The summed E-state index contributed by atoms with van der Waals surface area (Å²) in [4.78, 5) is 45.6. The predicted molar refractivity (Wildman–Crippen MR) is 100 cm³/mol. The number of piperidine rings is 1. The first kappa shape index (κ1) is 19.7. The van der Waals surface area contributed by atoms with Crippen molar-refractivity contribution in [2.75, 3.05) is 33.6 Å². The molecule has 1 atom stereocenters. The average molecular weight is 392 g/mol. The summed E-state index contributed by atoms with van der Waals surface area (Å²) in [7, 11) is 2.76. The van der Waals surface area contributed by atoms with E-state index >= 15 is 0 Å². The molecular weight excluding hydrogens is 368 g/mol. The van der Waals surface area contributed by atoms with Crippen molar-refractivity contribution in [1.82, 2.24) is 9.96 Å². The fourth-order valence-electron chi connectivity index (χ4n) is 4.21. The largest absolute Gasteiger partial charge is 0.469 e. The van der Waals surface area contributed by atoms with Gasteiger partial charge in [-0.15, -0.1) is 11.8 Å². The van der Waals surface area contributed by atoms with Gasteiger partial charge in [0.05, 0.1) is 31.2 Å². The van der Waals surface area contributed by atoms with E-state index in [0.29, 0.717) is 31.5 Å². The summed E-state index contributed by atoms with van der Waals surface area (Å²) in [6.07, 6.45) is 2.96. The van der Waals surface area contributed by atoms with Gasteiger partial charge in [0.15, 0.2) is 0 Å². The summed E-state index contributed by atoms with van der Waals surface area (Å²) in [6.45, 7) is 0.893. The lowest BCUT2D eigenvalue weighted by molar-refractivity contribution is -0.209. The van der Waals surface area contributed by atoms with E-state index in [1.165, 1.54) is 31.0 Å². The van der Waals surface area contributed by atoms with Crippen molar-refractivity contribution in [3.63, 3.8) is 0 Å². The van der Waals surface area contributed by atoms with Crippen LogP contribution < -0.4 is 0 Å². The minimum atomic E-state index is -0.755. The highest BCUT2D eigenvalue weighted by Crippen LogP contribution is 2.44. The number of methoxy groups -OCH3 is 1. The molecule has 0 aromatic heterocycles. The molecule has 27 heavy (non-hydrogen) atoms. The second-order valence-electron chi connectivity index (χ2n) is 6.75. The van der Waals surface area contributed by atoms with Gasteiger partial charge < -0.3 is 9.64 Å². The summed E-state index contributed by atoms with van der Waals surface area (Å²) in [6, 6.07) is 7.53. The highest BCUT2D eigenvalue weighted by atomic mass is 32.2. The van der Waals surface area contributed by atoms with Crippen LogP contribution in [0, 0.1) is 5.92 Å². The molecule has 2 fully saturated rings. The lowest BCUT2D eigenvalue weighted by Crippen LogP contribution is -2.57. The van der Waals surface area contributed by atoms with Crippen LogP contribution in [-0.4, -0.2) is 66.9 Å². The van der Waals surface area contributed by atoms with E-state index in [-0.39, 0.29) is 18.2 Å². The molecule has 8 heteroatoms. The zero-order valence-electron chi connectivity index (χ0n) is 15.8. The third-order valence-electron chi connectivity index (χ3n) is 5.58. The van der Waals surface area contributed by atoms with Crippen molar-refractivity contribution < 1.29 is 24.0 Å². The second-order valence-corrected chi connectivity index (χ2v) is 7.59. The first-order valence-electron chi connectivity index (χ1n) is 8.85. The molecule has 0 radical (unpaired) electrons. The van der Waals surface area contributed by atoms with E-state index in [1.54, 1.807) is 4.90 Å². The summed E-state index contributed by atoms with van der Waals surface area (Å²) < 4.78 is 4.92. The number of hydroxylamine groups is 2. The predicted octanol–water partition coefficient (Wildman–Crippen LogP) is 1.97. The molecule has 0 aliphatic carbocycles. The van der Waals surface area contributed by atoms with E-state index in [0.717, 1.165) is 4.90 Å². The molecule has 7 nitrogen and oxygen atoms in total. The summed E-state index contributed by atoms with van der Waals surface area (Å²) in [5, 5.41) is 1.33. The van der Waals surface area contributed by atoms with Gasteiger partial charge in [-0.25, -0.2) is 5.06 Å². The first-order valence-corrected chi connectivity index (χ1v) is 10.1. The highest BCUT2D eigenvalue weighted by Gasteiger charge is 2.58. The van der Waals surface area contributed by atoms with Crippen LogP contribution in [0.4, 0.5) is 0 Å². The zero-order chi connectivity index (χ0) is 19.6. The fraction of sp³-hybridized carbons (Fsp3) is 0.526. The number of ether oxygens (including phenoxy) is 1. The van der Waals surface area contributed by atoms with E-state index in [4.69, 9.17) is 9.57 Å². The number of amides is 2. The van der Waals surface area contributed by atoms with Gasteiger partial charge in [-0.3, -0.25) is 19.2 Å². The minimum absolute atomic E-state index is 0.0299. The van der Waals surface area contributed by atoms with Crippen LogP contribution in [0.2, 0.25) is 0 Å². The SMILES string of the molecule is COC(=O)C1CC(=O)N(OC)C12CCN(C(=O)c1ccccc1SC)CC2. The number of thioether (sulfide) groups is 1. The van der Waals surface area contributed by atoms with Crippen LogP contribution in [0.15, 0.2) is 29.2 Å². The van der Waals surface area contributed by atoms with Gasteiger partial charge in [0, 0.05) is 24.4 Å². The molecule has 1 spiro atoms. The van der Waals surface area contributed by atoms with Gasteiger partial charge in [0.25, 0.3) is 5.91 Å². The molecule has 2 aliphatic rings. The van der Waals surface area contributed by atoms with Crippen molar-refractivity contribution in [1.29, 1.82) is 0 Å². The molecule has 3 rings (SSSR count). The lowest BCUT2D eigenvalue weighted by atomic mass is 9.77. The number of carbonyl (C=O) groups is 3. The number of likely N-dealkylation sites (tertiary alicyclic amines) is 1. The van der Waals surface area contributed by atoms with Crippen molar-refractivity contribution in [2.45, 2.75) is 29.7 Å². The Bertz CT molecular complexity index is 743. The molecule has 0 bridgehead atoms. The molecule has 146 valence electrons. The third-order valence-corrected chi connectivity index (χ3v) is 6.38. The van der Waals surface area contributed by atoms with E-state index in [1.807, 2.05) is 30.5 Å². The number of rotatable bonds is 4. The maximum Gasteiger partial charge on any atom is 0.311 e. The van der Waals surface area contributed by atoms with Crippen LogP contribution in [0.3, 0.4) is 0 Å². The van der Waals surface area contributed by atoms with Gasteiger partial charge in [0.2, 0.25) is 5.91 Å². The molecule has 0 saturated carbocycles. The minimum Gasteiger partial charge on any atom is -0.469 e. The number of carbonyl (C=O) groups excluding carboxylic acids is 3. The highest BCUT2D eigenvalue weighted by molar-refractivity contribution is 7.98. The van der Waals surface area contributed by atoms with E-state index in [9.17, 15) is 14.4 Å². The number of benzene rings is 1. The van der Waals surface area contributed by atoms with Crippen LogP contribution in [0.1, 0.15) is 29.6 Å². The Morgan fingerprint density at radius 1 is 1.19 bits per heavy atom. The number of hydrogen-bond donors (Lipinski definition) is 0. The van der Waals surface area contributed by atoms with Crippen molar-refractivity contribution in [2.24, 2.45) is 5.92 Å². The van der Waals surface area contributed by atoms with E-state index in [2.05, 4.69) is 0 Å². The molecule has 2 aliphatic heterocycles. The summed E-state index contributed by atoms with van der Waals surface area (Å²) in [5.74, 6) is -1.24. The van der Waals surface area contributed by atoms with E-state index < -0.39 is 17.4 Å². The Labute approximate surface area is 162 Å². The maximum atomic E-state index is 13.0. The Kier molecular flexibility index (Phi) is 5.76. The summed E-state index contributed by atoms with van der Waals surface area (Å²) in [5.41, 5.74) is -0.0779. The van der Waals surface area contributed by atoms with Crippen LogP contribution >= 0.6 is 11.8 Å². The molecule has 2 amide bonds. The van der Waals surface area contributed by atoms with Crippen LogP contribution in [-0.2, 0) is 19.2 Å². The standard InChI is InChI=1S/C19H24N2O5S/c1-25-18(24)14-12-16(22)21(26-2)19(14)8-10-20(11-9-19)17(23)13-6-4-5-7-15(13)27-3/h4-7,14H,8-12H2,1-3H3. The van der Waals surface area contributed by atoms with Gasteiger partial charge in [0.1, 0.15) is 0 Å². The summed E-state index contributed by atoms with van der Waals surface area (Å²) >= 11 is 1.54.